The molecule has 306 valence electrons. The Balaban J connectivity index is 1.02. The van der Waals surface area contributed by atoms with Gasteiger partial charge in [0.15, 0.2) is 0 Å². The van der Waals surface area contributed by atoms with E-state index in [1.807, 2.05) is 0 Å². The Morgan fingerprint density at radius 3 is 0.469 bits per heavy atom. The lowest BCUT2D eigenvalue weighted by atomic mass is 10.0. The van der Waals surface area contributed by atoms with E-state index < -0.39 is 0 Å². The predicted molar refractivity (Wildman–Crippen MR) is 271 cm³/mol. The molecule has 0 unspecified atom stereocenters. The summed E-state index contributed by atoms with van der Waals surface area (Å²) in [5.41, 5.74) is 15.3. The van der Waals surface area contributed by atoms with E-state index >= 15 is 0 Å². The molecule has 10 aromatic rings. The molecule has 0 saturated carbocycles. The zero-order valence-electron chi connectivity index (χ0n) is 35.3. The average Bonchev–Trinajstić information content (AvgIpc) is 3.38. The lowest BCUT2D eigenvalue weighted by Crippen LogP contribution is -2.13. The van der Waals surface area contributed by atoms with E-state index in [2.05, 4.69) is 299 Å². The highest BCUT2D eigenvalue weighted by Gasteiger charge is 2.19. The minimum Gasteiger partial charge on any atom is -0.311 e. The Labute approximate surface area is 376 Å². The van der Waals surface area contributed by atoms with Crippen LogP contribution in [0.1, 0.15) is 0 Å². The lowest BCUT2D eigenvalue weighted by molar-refractivity contribution is 1.24. The van der Waals surface area contributed by atoms with Gasteiger partial charge < -0.3 is 19.6 Å². The largest absolute Gasteiger partial charge is 0.311 e. The van der Waals surface area contributed by atoms with Gasteiger partial charge in [0.2, 0.25) is 0 Å². The maximum Gasteiger partial charge on any atom is 0.0463 e. The third-order valence-corrected chi connectivity index (χ3v) is 11.4. The van der Waals surface area contributed by atoms with E-state index in [9.17, 15) is 0 Å². The molecule has 10 aromatic carbocycles. The van der Waals surface area contributed by atoms with E-state index in [0.29, 0.717) is 0 Å². The average molecular weight is 823 g/mol. The fraction of sp³-hybridized carbons (Fsp3) is 0. The molecular weight excluding hydrogens is 777 g/mol. The van der Waals surface area contributed by atoms with Crippen molar-refractivity contribution in [2.45, 2.75) is 0 Å². The molecule has 64 heavy (non-hydrogen) atoms. The van der Waals surface area contributed by atoms with Crippen LogP contribution in [0.4, 0.5) is 68.2 Å². The van der Waals surface area contributed by atoms with Crippen molar-refractivity contribution < 1.29 is 0 Å². The van der Waals surface area contributed by atoms with E-state index in [1.165, 1.54) is 11.1 Å². The monoisotopic (exact) mass is 822 g/mol. The summed E-state index contributed by atoms with van der Waals surface area (Å²) >= 11 is 0. The van der Waals surface area contributed by atoms with Crippen LogP contribution >= 0.6 is 0 Å². The lowest BCUT2D eigenvalue weighted by Gasteiger charge is -2.30. The summed E-state index contributed by atoms with van der Waals surface area (Å²) in [5.74, 6) is 0. The third-order valence-electron chi connectivity index (χ3n) is 11.4. The zero-order chi connectivity index (χ0) is 42.9. The minimum atomic E-state index is 1.05. The van der Waals surface area contributed by atoms with Crippen molar-refractivity contribution >= 4 is 68.2 Å². The number of rotatable bonds is 13. The van der Waals surface area contributed by atoms with Crippen LogP contribution in [0, 0.1) is 0 Å². The zero-order valence-corrected chi connectivity index (χ0v) is 35.3. The molecule has 0 amide bonds. The van der Waals surface area contributed by atoms with Gasteiger partial charge in [-0.3, -0.25) is 0 Å². The molecule has 0 spiro atoms. The van der Waals surface area contributed by atoms with Crippen LogP contribution in [0.3, 0.4) is 0 Å². The van der Waals surface area contributed by atoms with Crippen LogP contribution in [-0.4, -0.2) is 0 Å². The molecule has 10 rings (SSSR count). The van der Waals surface area contributed by atoms with Gasteiger partial charge in [0, 0.05) is 68.2 Å². The van der Waals surface area contributed by atoms with Gasteiger partial charge in [0.1, 0.15) is 0 Å². The van der Waals surface area contributed by atoms with E-state index in [0.717, 1.165) is 68.2 Å². The van der Waals surface area contributed by atoms with Crippen LogP contribution in [0.5, 0.6) is 0 Å². The Hall–Kier alpha value is -8.60. The molecule has 0 radical (unpaired) electrons. The second kappa shape index (κ2) is 18.6. The van der Waals surface area contributed by atoms with Crippen LogP contribution in [0.2, 0.25) is 0 Å². The molecular formula is C60H46N4. The van der Waals surface area contributed by atoms with Crippen LogP contribution in [0.15, 0.2) is 279 Å². The van der Waals surface area contributed by atoms with Crippen molar-refractivity contribution in [2.24, 2.45) is 0 Å². The summed E-state index contributed by atoms with van der Waals surface area (Å²) in [6, 6.07) is 98.8. The minimum absolute atomic E-state index is 1.05. The molecule has 0 aliphatic rings. The number of benzene rings is 10. The van der Waals surface area contributed by atoms with Gasteiger partial charge >= 0.3 is 0 Å². The molecule has 4 nitrogen and oxygen atoms in total. The highest BCUT2D eigenvalue weighted by atomic mass is 15.2. The Morgan fingerprint density at radius 2 is 0.266 bits per heavy atom. The number of hydrogen-bond acceptors (Lipinski definition) is 4. The number of anilines is 12. The molecule has 0 atom stereocenters. The summed E-state index contributed by atoms with van der Waals surface area (Å²) in [6.45, 7) is 0. The first-order valence-corrected chi connectivity index (χ1v) is 21.7. The van der Waals surface area contributed by atoms with E-state index in [-0.39, 0.29) is 0 Å². The van der Waals surface area contributed by atoms with Crippen LogP contribution < -0.4 is 19.6 Å². The second-order valence-electron chi connectivity index (χ2n) is 15.5. The maximum absolute atomic E-state index is 2.33. The maximum atomic E-state index is 2.33. The van der Waals surface area contributed by atoms with Gasteiger partial charge in [0.25, 0.3) is 0 Å². The first-order valence-electron chi connectivity index (χ1n) is 21.7. The quantitative estimate of drug-likeness (QED) is 0.115. The number of hydrogen-bond donors (Lipinski definition) is 0. The predicted octanol–water partition coefficient (Wildman–Crippen LogP) is 17.2. The van der Waals surface area contributed by atoms with Gasteiger partial charge in [-0.15, -0.1) is 0 Å². The van der Waals surface area contributed by atoms with E-state index in [4.69, 9.17) is 0 Å². The smallest absolute Gasteiger partial charge is 0.0463 e. The first kappa shape index (κ1) is 39.5. The van der Waals surface area contributed by atoms with Crippen molar-refractivity contribution in [1.29, 1.82) is 0 Å². The highest BCUT2D eigenvalue weighted by Crippen LogP contribution is 2.43. The summed E-state index contributed by atoms with van der Waals surface area (Å²) in [4.78, 5) is 9.24. The second-order valence-corrected chi connectivity index (χ2v) is 15.5. The molecule has 0 fully saturated rings. The molecule has 0 aliphatic carbocycles. The van der Waals surface area contributed by atoms with Gasteiger partial charge in [-0.05, 0) is 157 Å². The Bertz CT molecular complexity index is 2900. The fourth-order valence-corrected chi connectivity index (χ4v) is 8.36. The third kappa shape index (κ3) is 8.49. The topological polar surface area (TPSA) is 13.0 Å². The van der Waals surface area contributed by atoms with Crippen molar-refractivity contribution in [3.05, 3.63) is 279 Å². The first-order chi connectivity index (χ1) is 31.8. The van der Waals surface area contributed by atoms with Crippen LogP contribution in [-0.2, 0) is 0 Å². The van der Waals surface area contributed by atoms with Crippen molar-refractivity contribution in [1.82, 2.24) is 0 Å². The molecule has 0 saturated heterocycles. The summed E-state index contributed by atoms with van der Waals surface area (Å²) in [5, 5.41) is 0. The van der Waals surface area contributed by atoms with Crippen molar-refractivity contribution in [3.63, 3.8) is 0 Å². The Morgan fingerprint density at radius 1 is 0.125 bits per heavy atom. The van der Waals surface area contributed by atoms with Crippen molar-refractivity contribution in [2.75, 3.05) is 19.6 Å². The molecule has 0 bridgehead atoms. The summed E-state index contributed by atoms with van der Waals surface area (Å²) in [7, 11) is 0. The molecule has 0 N–H and O–H groups in total. The van der Waals surface area contributed by atoms with Gasteiger partial charge in [0.05, 0.1) is 0 Å². The summed E-state index contributed by atoms with van der Waals surface area (Å²) < 4.78 is 0. The number of nitrogens with zero attached hydrogens (tertiary/aromatic N) is 4. The standard InChI is InChI=1S/C60H46N4/c1-7-19-47(20-8-1)48-31-33-54(34-32-48)64(59-43-37-56(38-44-59)62(51-25-13-4-14-26-51)52-27-15-5-16-28-52)60-45-41-58(42-46-60)63(53-29-17-6-18-30-53)57-39-35-55(36-40-57)61(49-21-9-2-10-22-49)50-23-11-3-12-24-50/h1-46H. The van der Waals surface area contributed by atoms with E-state index in [1.54, 1.807) is 0 Å². The fourth-order valence-electron chi connectivity index (χ4n) is 8.36. The van der Waals surface area contributed by atoms with Crippen molar-refractivity contribution in [3.8, 4) is 11.1 Å². The summed E-state index contributed by atoms with van der Waals surface area (Å²) in [6.07, 6.45) is 0. The molecule has 4 heteroatoms. The molecule has 0 aliphatic heterocycles. The molecule has 0 heterocycles. The SMILES string of the molecule is c1ccc(-c2ccc(N(c3ccc(N(c4ccccc4)c4ccccc4)cc3)c3ccc(N(c4ccccc4)c4ccc(N(c5ccccc5)c5ccccc5)cc4)cc3)cc2)cc1. The van der Waals surface area contributed by atoms with Gasteiger partial charge in [-0.25, -0.2) is 0 Å². The number of para-hydroxylation sites is 5. The highest BCUT2D eigenvalue weighted by molar-refractivity contribution is 5.85. The van der Waals surface area contributed by atoms with Gasteiger partial charge in [-0.2, -0.15) is 0 Å². The van der Waals surface area contributed by atoms with Crippen LogP contribution in [0.25, 0.3) is 11.1 Å². The normalized spacial score (nSPS) is 10.8. The Kier molecular flexibility index (Phi) is 11.5. The van der Waals surface area contributed by atoms with Gasteiger partial charge in [-0.1, -0.05) is 133 Å². The molecule has 0 aromatic heterocycles.